The number of hydrogen-bond acceptors (Lipinski definition) is 5. The molecule has 1 atom stereocenters. The van der Waals surface area contributed by atoms with Crippen LogP contribution in [0.1, 0.15) is 20.8 Å². The smallest absolute Gasteiger partial charge is 0.344 e. The van der Waals surface area contributed by atoms with Crippen LogP contribution in [-0.4, -0.2) is 37.6 Å². The van der Waals surface area contributed by atoms with Crippen LogP contribution in [0.3, 0.4) is 0 Å². The van der Waals surface area contributed by atoms with Crippen molar-refractivity contribution in [3.05, 3.63) is 12.2 Å². The summed E-state index contributed by atoms with van der Waals surface area (Å²) < 4.78 is 9.24. The summed E-state index contributed by atoms with van der Waals surface area (Å²) in [5, 5.41) is 2.34. The van der Waals surface area contributed by atoms with Gasteiger partial charge < -0.3 is 14.8 Å². The van der Waals surface area contributed by atoms with E-state index in [4.69, 9.17) is 0 Å². The Labute approximate surface area is 106 Å². The lowest BCUT2D eigenvalue weighted by Crippen LogP contribution is -2.64. The Morgan fingerprint density at radius 1 is 1.17 bits per heavy atom. The third kappa shape index (κ3) is 3.09. The van der Waals surface area contributed by atoms with Crippen molar-refractivity contribution in [3.8, 4) is 0 Å². The molecule has 0 saturated heterocycles. The molecule has 0 bridgehead atoms. The summed E-state index contributed by atoms with van der Waals surface area (Å²) in [4.78, 5) is 35.1. The predicted octanol–water partition coefficient (Wildman–Crippen LogP) is 0.419. The molecule has 0 aliphatic rings. The van der Waals surface area contributed by atoms with Crippen molar-refractivity contribution in [2.75, 3.05) is 14.2 Å². The minimum Gasteiger partial charge on any atom is -0.467 e. The molecule has 0 spiro atoms. The van der Waals surface area contributed by atoms with Gasteiger partial charge in [-0.05, 0) is 6.92 Å². The average molecular weight is 257 g/mol. The lowest BCUT2D eigenvalue weighted by atomic mass is 9.84. The van der Waals surface area contributed by atoms with E-state index in [1.807, 2.05) is 0 Å². The lowest BCUT2D eigenvalue weighted by molar-refractivity contribution is -0.167. The normalized spacial score (nSPS) is 12.9. The first kappa shape index (κ1) is 16.1. The van der Waals surface area contributed by atoms with E-state index in [0.29, 0.717) is 0 Å². The minimum atomic E-state index is -1.86. The van der Waals surface area contributed by atoms with Crippen molar-refractivity contribution < 1.29 is 23.9 Å². The van der Waals surface area contributed by atoms with Gasteiger partial charge in [0.1, 0.15) is 0 Å². The fraction of sp³-hybridized carbons (Fsp3) is 0.583. The van der Waals surface area contributed by atoms with Gasteiger partial charge in [-0.1, -0.05) is 19.1 Å². The quantitative estimate of drug-likeness (QED) is 0.438. The molecule has 6 heteroatoms. The Morgan fingerprint density at radius 3 is 1.89 bits per heavy atom. The van der Waals surface area contributed by atoms with E-state index >= 15 is 0 Å². The maximum Gasteiger partial charge on any atom is 0.344 e. The molecule has 0 aliphatic carbocycles. The second-order valence-electron chi connectivity index (χ2n) is 3.79. The molecule has 0 radical (unpaired) electrons. The van der Waals surface area contributed by atoms with Gasteiger partial charge in [-0.2, -0.15) is 0 Å². The topological polar surface area (TPSA) is 81.7 Å². The third-order valence-corrected chi connectivity index (χ3v) is 2.55. The largest absolute Gasteiger partial charge is 0.467 e. The number of allylic oxidation sites excluding steroid dienone is 1. The van der Waals surface area contributed by atoms with Gasteiger partial charge in [-0.25, -0.2) is 9.59 Å². The van der Waals surface area contributed by atoms with Crippen LogP contribution in [0.5, 0.6) is 0 Å². The Hall–Kier alpha value is -1.85. The zero-order chi connectivity index (χ0) is 14.3. The Kier molecular flexibility index (Phi) is 6.08. The fourth-order valence-corrected chi connectivity index (χ4v) is 1.70. The molecule has 0 saturated carbocycles. The highest BCUT2D eigenvalue weighted by molar-refractivity contribution is 6.08. The van der Waals surface area contributed by atoms with Crippen molar-refractivity contribution >= 4 is 17.8 Å². The monoisotopic (exact) mass is 257 g/mol. The number of rotatable bonds is 5. The van der Waals surface area contributed by atoms with Gasteiger partial charge >= 0.3 is 11.9 Å². The van der Waals surface area contributed by atoms with Crippen molar-refractivity contribution in [2.24, 2.45) is 5.92 Å². The summed E-state index contributed by atoms with van der Waals surface area (Å²) in [5.74, 6) is -2.86. The number of methoxy groups -OCH3 is 2. The molecule has 102 valence electrons. The van der Waals surface area contributed by atoms with Crippen LogP contribution in [0.4, 0.5) is 0 Å². The molecule has 0 rings (SSSR count). The zero-order valence-electron chi connectivity index (χ0n) is 11.3. The van der Waals surface area contributed by atoms with E-state index in [1.165, 1.54) is 6.92 Å². The summed E-state index contributed by atoms with van der Waals surface area (Å²) in [6.07, 6.45) is 3.29. The molecular weight excluding hydrogens is 238 g/mol. The predicted molar refractivity (Wildman–Crippen MR) is 64.6 cm³/mol. The number of hydrogen-bond donors (Lipinski definition) is 1. The van der Waals surface area contributed by atoms with E-state index in [2.05, 4.69) is 14.8 Å². The molecule has 1 N–H and O–H groups in total. The van der Waals surface area contributed by atoms with Gasteiger partial charge in [0.05, 0.1) is 14.2 Å². The van der Waals surface area contributed by atoms with Crippen LogP contribution in [0, 0.1) is 5.92 Å². The number of amides is 1. The highest BCUT2D eigenvalue weighted by atomic mass is 16.5. The molecule has 0 aromatic rings. The van der Waals surface area contributed by atoms with E-state index in [0.717, 1.165) is 14.2 Å². The van der Waals surface area contributed by atoms with Gasteiger partial charge in [0, 0.05) is 12.8 Å². The molecule has 0 aromatic heterocycles. The van der Waals surface area contributed by atoms with Crippen LogP contribution in [0.25, 0.3) is 0 Å². The highest BCUT2D eigenvalue weighted by Gasteiger charge is 2.53. The number of nitrogens with one attached hydrogen (secondary N) is 1. The number of ether oxygens (including phenoxy) is 2. The summed E-state index contributed by atoms with van der Waals surface area (Å²) >= 11 is 0. The number of carbonyl (C=O) groups is 3. The van der Waals surface area contributed by atoms with E-state index in [-0.39, 0.29) is 0 Å². The Morgan fingerprint density at radius 2 is 1.61 bits per heavy atom. The maximum atomic E-state index is 11.9. The number of esters is 2. The number of carbonyl (C=O) groups excluding carboxylic acids is 3. The third-order valence-electron chi connectivity index (χ3n) is 2.55. The highest BCUT2D eigenvalue weighted by Crippen LogP contribution is 2.23. The molecule has 0 aliphatic heterocycles. The summed E-state index contributed by atoms with van der Waals surface area (Å²) in [6, 6.07) is 0. The first-order chi connectivity index (χ1) is 8.36. The molecule has 18 heavy (non-hydrogen) atoms. The summed E-state index contributed by atoms with van der Waals surface area (Å²) in [7, 11) is 2.29. The van der Waals surface area contributed by atoms with Crippen molar-refractivity contribution in [1.29, 1.82) is 0 Å². The average Bonchev–Trinajstić information content (AvgIpc) is 2.33. The Balaban J connectivity index is 5.75. The molecule has 6 nitrogen and oxygen atoms in total. The summed E-state index contributed by atoms with van der Waals surface area (Å²) in [6.45, 7) is 4.57. The first-order valence-corrected chi connectivity index (χ1v) is 5.45. The molecule has 0 heterocycles. The second-order valence-corrected chi connectivity index (χ2v) is 3.79. The van der Waals surface area contributed by atoms with Crippen LogP contribution in [0.2, 0.25) is 0 Å². The van der Waals surface area contributed by atoms with Crippen LogP contribution in [-0.2, 0) is 23.9 Å². The van der Waals surface area contributed by atoms with E-state index in [9.17, 15) is 14.4 Å². The van der Waals surface area contributed by atoms with Crippen LogP contribution >= 0.6 is 0 Å². The molecule has 0 unspecified atom stereocenters. The molecule has 1 amide bonds. The minimum absolute atomic E-state index is 0.526. The molecular formula is C12H19NO5. The van der Waals surface area contributed by atoms with Gasteiger partial charge in [0.15, 0.2) is 0 Å². The van der Waals surface area contributed by atoms with Crippen molar-refractivity contribution in [3.63, 3.8) is 0 Å². The van der Waals surface area contributed by atoms with E-state index in [1.54, 1.807) is 26.0 Å². The Bertz CT molecular complexity index is 345. The van der Waals surface area contributed by atoms with Crippen molar-refractivity contribution in [1.82, 2.24) is 5.32 Å². The van der Waals surface area contributed by atoms with Crippen LogP contribution < -0.4 is 5.32 Å². The summed E-state index contributed by atoms with van der Waals surface area (Å²) in [5.41, 5.74) is -1.86. The van der Waals surface area contributed by atoms with Gasteiger partial charge in [0.2, 0.25) is 11.4 Å². The lowest BCUT2D eigenvalue weighted by Gasteiger charge is -2.32. The van der Waals surface area contributed by atoms with E-state index < -0.39 is 29.3 Å². The SMILES string of the molecule is C/C=C/[C@H](C)C(NC(C)=O)(C(=O)OC)C(=O)OC. The zero-order valence-corrected chi connectivity index (χ0v) is 11.3. The first-order valence-electron chi connectivity index (χ1n) is 5.45. The van der Waals surface area contributed by atoms with Gasteiger partial charge in [-0.3, -0.25) is 4.79 Å². The standard InChI is InChI=1S/C12H19NO5/c1-6-7-8(2)12(10(15)17-4,11(16)18-5)13-9(3)14/h6-8H,1-5H3,(H,13,14)/b7-6+/t8-/m0/s1. The fourth-order valence-electron chi connectivity index (χ4n) is 1.70. The second kappa shape index (κ2) is 6.78. The molecule has 0 aromatic carbocycles. The van der Waals surface area contributed by atoms with Gasteiger partial charge in [-0.15, -0.1) is 0 Å². The van der Waals surface area contributed by atoms with Gasteiger partial charge in [0.25, 0.3) is 0 Å². The molecule has 0 fully saturated rings. The maximum absolute atomic E-state index is 11.9. The van der Waals surface area contributed by atoms with Crippen LogP contribution in [0.15, 0.2) is 12.2 Å². The van der Waals surface area contributed by atoms with Crippen molar-refractivity contribution in [2.45, 2.75) is 26.3 Å².